The standard InChI is InChI=1S/C18H17NO4S/c20-18(21)17-11-14-7-3-4-8-16(14)19(17)24(22,23)15-9-12-5-1-2-6-13(12)10-15/h1-8,15,17H,9-11H2,(H,20,21). The summed E-state index contributed by atoms with van der Waals surface area (Å²) >= 11 is 0. The molecule has 24 heavy (non-hydrogen) atoms. The number of sulfonamides is 1. The van der Waals surface area contributed by atoms with Crippen molar-refractivity contribution >= 4 is 21.7 Å². The van der Waals surface area contributed by atoms with Crippen LogP contribution in [0.4, 0.5) is 5.69 Å². The van der Waals surface area contributed by atoms with Gasteiger partial charge in [0, 0.05) is 6.42 Å². The number of carboxylic acid groups (broad SMARTS) is 1. The molecule has 4 rings (SSSR count). The summed E-state index contributed by atoms with van der Waals surface area (Å²) in [5.41, 5.74) is 3.33. The summed E-state index contributed by atoms with van der Waals surface area (Å²) in [4.78, 5) is 11.7. The predicted octanol–water partition coefficient (Wildman–Crippen LogP) is 2.00. The molecular weight excluding hydrogens is 326 g/mol. The molecule has 0 spiro atoms. The highest BCUT2D eigenvalue weighted by Crippen LogP contribution is 2.38. The van der Waals surface area contributed by atoms with Crippen LogP contribution in [0.1, 0.15) is 16.7 Å². The number of rotatable bonds is 3. The Morgan fingerprint density at radius 2 is 1.46 bits per heavy atom. The summed E-state index contributed by atoms with van der Waals surface area (Å²) < 4.78 is 27.6. The number of hydrogen-bond acceptors (Lipinski definition) is 3. The van der Waals surface area contributed by atoms with E-state index in [1.165, 1.54) is 0 Å². The minimum atomic E-state index is -3.76. The van der Waals surface area contributed by atoms with Gasteiger partial charge in [-0.15, -0.1) is 0 Å². The second-order valence-corrected chi connectivity index (χ2v) is 8.42. The second kappa shape index (κ2) is 5.34. The maximum atomic E-state index is 13.2. The van der Waals surface area contributed by atoms with E-state index in [4.69, 9.17) is 0 Å². The minimum Gasteiger partial charge on any atom is -0.480 e. The number of fused-ring (bicyclic) bond motifs is 2. The van der Waals surface area contributed by atoms with Crippen molar-refractivity contribution in [2.45, 2.75) is 30.6 Å². The van der Waals surface area contributed by atoms with Gasteiger partial charge in [0.25, 0.3) is 0 Å². The Kier molecular flexibility index (Phi) is 3.38. The van der Waals surface area contributed by atoms with Crippen molar-refractivity contribution in [3.8, 4) is 0 Å². The van der Waals surface area contributed by atoms with Crippen LogP contribution in [0.25, 0.3) is 0 Å². The van der Waals surface area contributed by atoms with Gasteiger partial charge in [-0.25, -0.2) is 13.2 Å². The molecule has 1 atom stereocenters. The molecule has 1 aliphatic carbocycles. The van der Waals surface area contributed by atoms with Crippen LogP contribution in [0, 0.1) is 0 Å². The van der Waals surface area contributed by atoms with Gasteiger partial charge in [-0.1, -0.05) is 42.5 Å². The van der Waals surface area contributed by atoms with Crippen LogP contribution in [0.5, 0.6) is 0 Å². The number of benzene rings is 2. The fraction of sp³-hybridized carbons (Fsp3) is 0.278. The fourth-order valence-electron chi connectivity index (χ4n) is 3.75. The van der Waals surface area contributed by atoms with Crippen molar-refractivity contribution in [2.24, 2.45) is 0 Å². The molecular formula is C18H17NO4S. The second-order valence-electron chi connectivity index (χ2n) is 6.33. The van der Waals surface area contributed by atoms with Gasteiger partial charge >= 0.3 is 5.97 Å². The van der Waals surface area contributed by atoms with Crippen molar-refractivity contribution in [3.05, 3.63) is 65.2 Å². The summed E-state index contributed by atoms with van der Waals surface area (Å²) in [7, 11) is -3.76. The molecule has 1 unspecified atom stereocenters. The third kappa shape index (κ3) is 2.21. The first-order valence-electron chi connectivity index (χ1n) is 7.89. The number of carboxylic acids is 1. The largest absolute Gasteiger partial charge is 0.480 e. The number of nitrogens with zero attached hydrogens (tertiary/aromatic N) is 1. The Bertz CT molecular complexity index is 897. The highest BCUT2D eigenvalue weighted by atomic mass is 32.2. The van der Waals surface area contributed by atoms with Crippen LogP contribution in [0.2, 0.25) is 0 Å². The molecule has 1 heterocycles. The first-order chi connectivity index (χ1) is 11.5. The zero-order valence-electron chi connectivity index (χ0n) is 12.9. The van der Waals surface area contributed by atoms with E-state index in [1.807, 2.05) is 24.3 Å². The topological polar surface area (TPSA) is 74.7 Å². The Morgan fingerprint density at radius 1 is 0.917 bits per heavy atom. The molecule has 5 nitrogen and oxygen atoms in total. The summed E-state index contributed by atoms with van der Waals surface area (Å²) in [6.45, 7) is 0. The van der Waals surface area contributed by atoms with Gasteiger partial charge in [-0.2, -0.15) is 0 Å². The average Bonchev–Trinajstić information content (AvgIpc) is 3.17. The molecule has 2 aromatic rings. The lowest BCUT2D eigenvalue weighted by molar-refractivity contribution is -0.138. The van der Waals surface area contributed by atoms with E-state index in [0.717, 1.165) is 21.0 Å². The van der Waals surface area contributed by atoms with Crippen molar-refractivity contribution in [2.75, 3.05) is 4.31 Å². The molecule has 2 aliphatic rings. The van der Waals surface area contributed by atoms with Crippen molar-refractivity contribution in [1.29, 1.82) is 0 Å². The summed E-state index contributed by atoms with van der Waals surface area (Å²) in [6, 6.07) is 13.7. The third-order valence-corrected chi connectivity index (χ3v) is 7.09. The van der Waals surface area contributed by atoms with E-state index < -0.39 is 27.3 Å². The van der Waals surface area contributed by atoms with Gasteiger partial charge in [0.2, 0.25) is 10.0 Å². The number of para-hydroxylation sites is 1. The first-order valence-corrected chi connectivity index (χ1v) is 9.39. The molecule has 6 heteroatoms. The maximum absolute atomic E-state index is 13.2. The van der Waals surface area contributed by atoms with Gasteiger partial charge in [0.1, 0.15) is 6.04 Å². The molecule has 0 saturated carbocycles. The quantitative estimate of drug-likeness (QED) is 0.925. The molecule has 1 aliphatic heterocycles. The summed E-state index contributed by atoms with van der Waals surface area (Å²) in [6.07, 6.45) is 1.08. The van der Waals surface area contributed by atoms with Crippen LogP contribution in [-0.4, -0.2) is 30.8 Å². The smallest absolute Gasteiger partial charge is 0.327 e. The Morgan fingerprint density at radius 3 is 2.04 bits per heavy atom. The molecule has 2 aromatic carbocycles. The van der Waals surface area contributed by atoms with Crippen molar-refractivity contribution < 1.29 is 18.3 Å². The Hall–Kier alpha value is -2.34. The number of aliphatic carboxylic acids is 1. The van der Waals surface area contributed by atoms with E-state index in [2.05, 4.69) is 0 Å². The van der Waals surface area contributed by atoms with Gasteiger partial charge in [0.05, 0.1) is 10.9 Å². The van der Waals surface area contributed by atoms with Gasteiger partial charge in [-0.3, -0.25) is 4.31 Å². The van der Waals surface area contributed by atoms with Gasteiger partial charge < -0.3 is 5.11 Å². The Labute approximate surface area is 140 Å². The normalized spacial score (nSPS) is 20.0. The van der Waals surface area contributed by atoms with E-state index >= 15 is 0 Å². The number of carbonyl (C=O) groups is 1. The third-order valence-electron chi connectivity index (χ3n) is 4.92. The first kappa shape index (κ1) is 15.2. The van der Waals surface area contributed by atoms with Crippen LogP contribution in [0.15, 0.2) is 48.5 Å². The number of anilines is 1. The van der Waals surface area contributed by atoms with Crippen LogP contribution >= 0.6 is 0 Å². The van der Waals surface area contributed by atoms with Gasteiger partial charge in [0.15, 0.2) is 0 Å². The average molecular weight is 343 g/mol. The predicted molar refractivity (Wildman–Crippen MR) is 90.6 cm³/mol. The van der Waals surface area contributed by atoms with E-state index in [9.17, 15) is 18.3 Å². The lowest BCUT2D eigenvalue weighted by Crippen LogP contribution is -2.47. The highest BCUT2D eigenvalue weighted by molar-refractivity contribution is 7.93. The van der Waals surface area contributed by atoms with Gasteiger partial charge in [-0.05, 0) is 35.6 Å². The fourth-order valence-corrected chi connectivity index (χ4v) is 5.82. The molecule has 0 bridgehead atoms. The number of hydrogen-bond donors (Lipinski definition) is 1. The van der Waals surface area contributed by atoms with Crippen molar-refractivity contribution in [1.82, 2.24) is 0 Å². The molecule has 0 amide bonds. The summed E-state index contributed by atoms with van der Waals surface area (Å²) in [5.74, 6) is -1.11. The molecule has 1 N–H and O–H groups in total. The summed E-state index contributed by atoms with van der Waals surface area (Å²) in [5, 5.41) is 8.92. The SMILES string of the molecule is O=C(O)C1Cc2ccccc2N1S(=O)(=O)C1Cc2ccccc2C1. The Balaban J connectivity index is 1.75. The zero-order chi connectivity index (χ0) is 16.9. The van der Waals surface area contributed by atoms with E-state index in [-0.39, 0.29) is 6.42 Å². The lowest BCUT2D eigenvalue weighted by Gasteiger charge is -2.27. The van der Waals surface area contributed by atoms with Crippen LogP contribution in [-0.2, 0) is 34.1 Å². The highest BCUT2D eigenvalue weighted by Gasteiger charge is 2.46. The minimum absolute atomic E-state index is 0.213. The van der Waals surface area contributed by atoms with E-state index in [0.29, 0.717) is 18.5 Å². The lowest BCUT2D eigenvalue weighted by atomic mass is 10.1. The van der Waals surface area contributed by atoms with E-state index in [1.54, 1.807) is 24.3 Å². The molecule has 0 fully saturated rings. The molecule has 124 valence electrons. The van der Waals surface area contributed by atoms with Crippen molar-refractivity contribution in [3.63, 3.8) is 0 Å². The molecule has 0 radical (unpaired) electrons. The molecule has 0 saturated heterocycles. The van der Waals surface area contributed by atoms with Crippen LogP contribution in [0.3, 0.4) is 0 Å². The van der Waals surface area contributed by atoms with Crippen LogP contribution < -0.4 is 4.31 Å². The maximum Gasteiger partial charge on any atom is 0.327 e. The zero-order valence-corrected chi connectivity index (χ0v) is 13.7. The monoisotopic (exact) mass is 343 g/mol. The molecule has 0 aromatic heterocycles.